The number of nitrogens with zero attached hydrogens (tertiary/aromatic N) is 3. The SMILES string of the molecule is CC[C@H](C)C(=O)N1CCN([C@@H](C(=O)NCCN2CCCCC2)C2CCCC2)CC1. The summed E-state index contributed by atoms with van der Waals surface area (Å²) in [6, 6.07) is -0.0142. The van der Waals surface area contributed by atoms with Crippen molar-refractivity contribution in [1.82, 2.24) is 20.0 Å². The molecule has 0 aromatic rings. The second-order valence-electron chi connectivity index (χ2n) is 9.35. The molecular formula is C23H42N4O2. The van der Waals surface area contributed by atoms with Crippen LogP contribution in [0.15, 0.2) is 0 Å². The normalized spacial score (nSPS) is 24.4. The number of likely N-dealkylation sites (tertiary alicyclic amines) is 1. The highest BCUT2D eigenvalue weighted by Gasteiger charge is 2.37. The first kappa shape index (κ1) is 22.5. The molecule has 2 amide bonds. The van der Waals surface area contributed by atoms with E-state index in [0.717, 1.165) is 58.5 Å². The number of piperidine rings is 1. The highest BCUT2D eigenvalue weighted by atomic mass is 16.2. The summed E-state index contributed by atoms with van der Waals surface area (Å²) >= 11 is 0. The zero-order valence-electron chi connectivity index (χ0n) is 18.7. The first-order valence-corrected chi connectivity index (χ1v) is 12.1. The van der Waals surface area contributed by atoms with Gasteiger partial charge in [-0.1, -0.05) is 33.1 Å². The van der Waals surface area contributed by atoms with Crippen LogP contribution >= 0.6 is 0 Å². The van der Waals surface area contributed by atoms with E-state index in [1.807, 2.05) is 11.8 Å². The van der Waals surface area contributed by atoms with E-state index in [-0.39, 0.29) is 23.8 Å². The molecule has 0 aromatic heterocycles. The summed E-state index contributed by atoms with van der Waals surface area (Å²) in [4.78, 5) is 32.6. The summed E-state index contributed by atoms with van der Waals surface area (Å²) in [6.45, 7) is 11.3. The van der Waals surface area contributed by atoms with Gasteiger partial charge in [-0.3, -0.25) is 14.5 Å². The largest absolute Gasteiger partial charge is 0.353 e. The van der Waals surface area contributed by atoms with E-state index in [9.17, 15) is 9.59 Å². The molecule has 6 heteroatoms. The number of carbonyl (C=O) groups excluding carboxylic acids is 2. The summed E-state index contributed by atoms with van der Waals surface area (Å²) in [7, 11) is 0. The first-order chi connectivity index (χ1) is 14.1. The minimum atomic E-state index is -0.0142. The molecule has 3 rings (SSSR count). The van der Waals surface area contributed by atoms with Crippen molar-refractivity contribution in [2.24, 2.45) is 11.8 Å². The highest BCUT2D eigenvalue weighted by Crippen LogP contribution is 2.31. The lowest BCUT2D eigenvalue weighted by Crippen LogP contribution is -2.58. The highest BCUT2D eigenvalue weighted by molar-refractivity contribution is 5.82. The molecule has 1 aliphatic carbocycles. The van der Waals surface area contributed by atoms with Gasteiger partial charge in [-0.2, -0.15) is 0 Å². The molecule has 0 spiro atoms. The molecule has 1 N–H and O–H groups in total. The van der Waals surface area contributed by atoms with Crippen LogP contribution in [0.25, 0.3) is 0 Å². The topological polar surface area (TPSA) is 55.9 Å². The van der Waals surface area contributed by atoms with E-state index < -0.39 is 0 Å². The van der Waals surface area contributed by atoms with Crippen LogP contribution in [0.2, 0.25) is 0 Å². The lowest BCUT2D eigenvalue weighted by Gasteiger charge is -2.41. The molecule has 0 radical (unpaired) electrons. The maximum atomic E-state index is 13.2. The van der Waals surface area contributed by atoms with Crippen LogP contribution in [0.4, 0.5) is 0 Å². The van der Waals surface area contributed by atoms with Crippen LogP contribution in [-0.2, 0) is 9.59 Å². The lowest BCUT2D eigenvalue weighted by molar-refractivity contribution is -0.138. The summed E-state index contributed by atoms with van der Waals surface area (Å²) in [6.07, 6.45) is 9.63. The number of nitrogens with one attached hydrogen (secondary N) is 1. The fraction of sp³-hybridized carbons (Fsp3) is 0.913. The smallest absolute Gasteiger partial charge is 0.237 e. The molecule has 1 saturated carbocycles. The predicted octanol–water partition coefficient (Wildman–Crippen LogP) is 2.34. The van der Waals surface area contributed by atoms with E-state index in [4.69, 9.17) is 0 Å². The minimum Gasteiger partial charge on any atom is -0.353 e. The Morgan fingerprint density at radius 1 is 0.931 bits per heavy atom. The molecule has 3 aliphatic rings. The summed E-state index contributed by atoms with van der Waals surface area (Å²) < 4.78 is 0. The molecule has 2 saturated heterocycles. The third-order valence-corrected chi connectivity index (χ3v) is 7.34. The van der Waals surface area contributed by atoms with Crippen LogP contribution in [0.5, 0.6) is 0 Å². The Bertz CT molecular complexity index is 521. The van der Waals surface area contributed by atoms with Crippen LogP contribution < -0.4 is 5.32 Å². The fourth-order valence-electron chi connectivity index (χ4n) is 5.28. The predicted molar refractivity (Wildman–Crippen MR) is 117 cm³/mol. The van der Waals surface area contributed by atoms with Gasteiger partial charge in [0.2, 0.25) is 11.8 Å². The second kappa shape index (κ2) is 11.3. The average molecular weight is 407 g/mol. The Labute approximate surface area is 177 Å². The zero-order valence-corrected chi connectivity index (χ0v) is 18.7. The summed E-state index contributed by atoms with van der Waals surface area (Å²) in [5, 5.41) is 3.26. The molecule has 2 atom stereocenters. The zero-order chi connectivity index (χ0) is 20.6. The van der Waals surface area contributed by atoms with Gasteiger partial charge in [0.25, 0.3) is 0 Å². The van der Waals surface area contributed by atoms with Crippen LogP contribution in [-0.4, -0.2) is 84.9 Å². The Morgan fingerprint density at radius 2 is 1.59 bits per heavy atom. The maximum absolute atomic E-state index is 13.2. The molecule has 0 unspecified atom stereocenters. The standard InChI is InChI=1S/C23H42N4O2/c1-3-19(2)23(29)27-17-15-26(16-18-27)21(20-9-5-6-10-20)22(28)24-11-14-25-12-7-4-8-13-25/h19-21H,3-18H2,1-2H3,(H,24,28)/t19-,21+/m0/s1. The second-order valence-corrected chi connectivity index (χ2v) is 9.35. The number of piperazine rings is 1. The lowest BCUT2D eigenvalue weighted by atomic mass is 9.94. The van der Waals surface area contributed by atoms with E-state index in [0.29, 0.717) is 5.92 Å². The van der Waals surface area contributed by atoms with Crippen LogP contribution in [0.3, 0.4) is 0 Å². The van der Waals surface area contributed by atoms with Gasteiger partial charge < -0.3 is 15.1 Å². The van der Waals surface area contributed by atoms with Gasteiger partial charge in [-0.25, -0.2) is 0 Å². The van der Waals surface area contributed by atoms with Crippen molar-refractivity contribution in [2.45, 2.75) is 71.3 Å². The number of hydrogen-bond donors (Lipinski definition) is 1. The molecule has 3 fully saturated rings. The molecule has 0 aromatic carbocycles. The molecule has 6 nitrogen and oxygen atoms in total. The Balaban J connectivity index is 1.52. The van der Waals surface area contributed by atoms with Gasteiger partial charge in [0.05, 0.1) is 6.04 Å². The van der Waals surface area contributed by atoms with Gasteiger partial charge in [0, 0.05) is 45.2 Å². The van der Waals surface area contributed by atoms with Gasteiger partial charge in [0.15, 0.2) is 0 Å². The molecule has 2 heterocycles. The fourth-order valence-corrected chi connectivity index (χ4v) is 5.28. The summed E-state index contributed by atoms with van der Waals surface area (Å²) in [5.74, 6) is 1.07. The third-order valence-electron chi connectivity index (χ3n) is 7.34. The Kier molecular flexibility index (Phi) is 8.79. The number of carbonyl (C=O) groups is 2. The van der Waals surface area contributed by atoms with Gasteiger partial charge >= 0.3 is 0 Å². The Hall–Kier alpha value is -1.14. The van der Waals surface area contributed by atoms with E-state index in [1.165, 1.54) is 45.2 Å². The summed E-state index contributed by atoms with van der Waals surface area (Å²) in [5.41, 5.74) is 0. The number of rotatable bonds is 8. The van der Waals surface area contributed by atoms with E-state index in [2.05, 4.69) is 22.0 Å². The van der Waals surface area contributed by atoms with Crippen molar-refractivity contribution in [3.05, 3.63) is 0 Å². The number of amides is 2. The van der Waals surface area contributed by atoms with Gasteiger partial charge in [0.1, 0.15) is 0 Å². The molecule has 2 aliphatic heterocycles. The first-order valence-electron chi connectivity index (χ1n) is 12.1. The van der Waals surface area contributed by atoms with Crippen LogP contribution in [0.1, 0.15) is 65.2 Å². The minimum absolute atomic E-state index is 0.0142. The van der Waals surface area contributed by atoms with Crippen molar-refractivity contribution < 1.29 is 9.59 Å². The number of hydrogen-bond acceptors (Lipinski definition) is 4. The van der Waals surface area contributed by atoms with Crippen molar-refractivity contribution >= 4 is 11.8 Å². The van der Waals surface area contributed by atoms with Crippen molar-refractivity contribution in [1.29, 1.82) is 0 Å². The van der Waals surface area contributed by atoms with Gasteiger partial charge in [-0.15, -0.1) is 0 Å². The van der Waals surface area contributed by atoms with E-state index >= 15 is 0 Å². The maximum Gasteiger partial charge on any atom is 0.237 e. The molecule has 29 heavy (non-hydrogen) atoms. The Morgan fingerprint density at radius 3 is 2.21 bits per heavy atom. The van der Waals surface area contributed by atoms with Crippen LogP contribution in [0, 0.1) is 11.8 Å². The molecular weight excluding hydrogens is 364 g/mol. The monoisotopic (exact) mass is 406 g/mol. The molecule has 0 bridgehead atoms. The molecule has 166 valence electrons. The van der Waals surface area contributed by atoms with Crippen molar-refractivity contribution in [3.63, 3.8) is 0 Å². The van der Waals surface area contributed by atoms with Crippen molar-refractivity contribution in [2.75, 3.05) is 52.4 Å². The average Bonchev–Trinajstić information content (AvgIpc) is 3.28. The quantitative estimate of drug-likeness (QED) is 0.672. The van der Waals surface area contributed by atoms with Crippen molar-refractivity contribution in [3.8, 4) is 0 Å². The van der Waals surface area contributed by atoms with Gasteiger partial charge in [-0.05, 0) is 51.1 Å². The third kappa shape index (κ3) is 6.17. The van der Waals surface area contributed by atoms with E-state index in [1.54, 1.807) is 0 Å².